The highest BCUT2D eigenvalue weighted by molar-refractivity contribution is 5.89. The van der Waals surface area contributed by atoms with Gasteiger partial charge in [0.25, 0.3) is 0 Å². The summed E-state index contributed by atoms with van der Waals surface area (Å²) in [6, 6.07) is 2.48. The van der Waals surface area contributed by atoms with Gasteiger partial charge in [0.05, 0.1) is 5.69 Å². The molecular formula is C13H19F2N3O. The second-order valence-electron chi connectivity index (χ2n) is 4.49. The molecule has 0 radical (unpaired) electrons. The zero-order valence-corrected chi connectivity index (χ0v) is 10.9. The standard InChI is InChI=1S/C13H19F2N3O/c1-9(8-16)3-2-6-17-13(19)18-12-5-4-10(14)7-11(12)15/h4-5,7,9H,2-3,6,8,16H2,1H3,(H2,17,18,19). The Morgan fingerprint density at radius 2 is 2.16 bits per heavy atom. The third-order valence-electron chi connectivity index (χ3n) is 2.74. The number of hydrogen-bond acceptors (Lipinski definition) is 2. The number of nitrogens with one attached hydrogen (secondary N) is 2. The molecule has 0 saturated carbocycles. The van der Waals surface area contributed by atoms with Gasteiger partial charge in [0.15, 0.2) is 0 Å². The first kappa shape index (κ1) is 15.4. The average molecular weight is 271 g/mol. The van der Waals surface area contributed by atoms with Crippen molar-refractivity contribution >= 4 is 11.7 Å². The molecule has 0 fully saturated rings. The Bertz CT molecular complexity index is 426. The fourth-order valence-electron chi connectivity index (χ4n) is 1.53. The molecule has 106 valence electrons. The van der Waals surface area contributed by atoms with E-state index in [2.05, 4.69) is 10.6 Å². The van der Waals surface area contributed by atoms with Gasteiger partial charge in [-0.1, -0.05) is 6.92 Å². The summed E-state index contributed by atoms with van der Waals surface area (Å²) in [4.78, 5) is 11.5. The van der Waals surface area contributed by atoms with Crippen LogP contribution < -0.4 is 16.4 Å². The number of carbonyl (C=O) groups is 1. The predicted octanol–water partition coefficient (Wildman–Crippen LogP) is 2.46. The van der Waals surface area contributed by atoms with E-state index in [4.69, 9.17) is 5.73 Å². The van der Waals surface area contributed by atoms with Gasteiger partial charge in [-0.25, -0.2) is 13.6 Å². The Kier molecular flexibility index (Phi) is 6.21. The molecule has 4 nitrogen and oxygen atoms in total. The number of carbonyl (C=O) groups excluding carboxylic acids is 1. The Balaban J connectivity index is 2.31. The topological polar surface area (TPSA) is 67.1 Å². The van der Waals surface area contributed by atoms with Crippen LogP contribution >= 0.6 is 0 Å². The molecule has 0 aliphatic heterocycles. The summed E-state index contributed by atoms with van der Waals surface area (Å²) in [5.41, 5.74) is 5.43. The van der Waals surface area contributed by atoms with Crippen LogP contribution in [0.25, 0.3) is 0 Å². The van der Waals surface area contributed by atoms with Gasteiger partial charge in [0.1, 0.15) is 11.6 Å². The van der Waals surface area contributed by atoms with Crippen molar-refractivity contribution < 1.29 is 13.6 Å². The molecule has 19 heavy (non-hydrogen) atoms. The van der Waals surface area contributed by atoms with Crippen LogP contribution in [0.15, 0.2) is 18.2 Å². The normalized spacial score (nSPS) is 12.0. The third kappa shape index (κ3) is 5.65. The monoisotopic (exact) mass is 271 g/mol. The van der Waals surface area contributed by atoms with E-state index >= 15 is 0 Å². The zero-order valence-electron chi connectivity index (χ0n) is 10.9. The lowest BCUT2D eigenvalue weighted by atomic mass is 10.1. The molecule has 0 aliphatic rings. The van der Waals surface area contributed by atoms with Crippen molar-refractivity contribution in [3.05, 3.63) is 29.8 Å². The largest absolute Gasteiger partial charge is 0.338 e. The van der Waals surface area contributed by atoms with Crippen LogP contribution in [0.2, 0.25) is 0 Å². The minimum atomic E-state index is -0.799. The summed E-state index contributed by atoms with van der Waals surface area (Å²) in [5.74, 6) is -1.06. The number of urea groups is 1. The number of amides is 2. The van der Waals surface area contributed by atoms with Gasteiger partial charge >= 0.3 is 6.03 Å². The summed E-state index contributed by atoms with van der Waals surface area (Å²) in [6.45, 7) is 3.14. The predicted molar refractivity (Wildman–Crippen MR) is 70.8 cm³/mol. The van der Waals surface area contributed by atoms with E-state index in [-0.39, 0.29) is 5.69 Å². The van der Waals surface area contributed by atoms with Crippen LogP contribution in [0.4, 0.5) is 19.3 Å². The summed E-state index contributed by atoms with van der Waals surface area (Å²) in [6.07, 6.45) is 1.72. The molecule has 2 amide bonds. The fourth-order valence-corrected chi connectivity index (χ4v) is 1.53. The van der Waals surface area contributed by atoms with Crippen molar-refractivity contribution in [1.29, 1.82) is 0 Å². The Hall–Kier alpha value is -1.69. The van der Waals surface area contributed by atoms with Crippen LogP contribution in [0.1, 0.15) is 19.8 Å². The van der Waals surface area contributed by atoms with Crippen LogP contribution in [0.5, 0.6) is 0 Å². The van der Waals surface area contributed by atoms with Crippen molar-refractivity contribution in [3.63, 3.8) is 0 Å². The van der Waals surface area contributed by atoms with Crippen molar-refractivity contribution in [2.75, 3.05) is 18.4 Å². The molecular weight excluding hydrogens is 252 g/mol. The van der Waals surface area contributed by atoms with Gasteiger partial charge in [-0.05, 0) is 37.4 Å². The number of anilines is 1. The zero-order chi connectivity index (χ0) is 14.3. The Morgan fingerprint density at radius 3 is 2.79 bits per heavy atom. The third-order valence-corrected chi connectivity index (χ3v) is 2.74. The van der Waals surface area contributed by atoms with E-state index in [0.717, 1.165) is 25.0 Å². The van der Waals surface area contributed by atoms with E-state index in [1.165, 1.54) is 6.07 Å². The number of benzene rings is 1. The van der Waals surface area contributed by atoms with Crippen LogP contribution in [-0.4, -0.2) is 19.1 Å². The van der Waals surface area contributed by atoms with Gasteiger partial charge in [-0.15, -0.1) is 0 Å². The van der Waals surface area contributed by atoms with Gasteiger partial charge in [0.2, 0.25) is 0 Å². The Morgan fingerprint density at radius 1 is 1.42 bits per heavy atom. The number of nitrogens with two attached hydrogens (primary N) is 1. The first-order valence-electron chi connectivity index (χ1n) is 6.23. The molecule has 6 heteroatoms. The van der Waals surface area contributed by atoms with Crippen molar-refractivity contribution in [3.8, 4) is 0 Å². The van der Waals surface area contributed by atoms with Crippen molar-refractivity contribution in [2.45, 2.75) is 19.8 Å². The summed E-state index contributed by atoms with van der Waals surface area (Å²) < 4.78 is 25.9. The average Bonchev–Trinajstić information content (AvgIpc) is 2.37. The lowest BCUT2D eigenvalue weighted by molar-refractivity contribution is 0.251. The molecule has 0 bridgehead atoms. The van der Waals surface area contributed by atoms with E-state index in [1.54, 1.807) is 0 Å². The fraction of sp³-hybridized carbons (Fsp3) is 0.462. The van der Waals surface area contributed by atoms with E-state index < -0.39 is 17.7 Å². The van der Waals surface area contributed by atoms with Crippen LogP contribution in [0, 0.1) is 17.6 Å². The van der Waals surface area contributed by atoms with Gasteiger partial charge < -0.3 is 16.4 Å². The minimum absolute atomic E-state index is 0.0470. The lowest BCUT2D eigenvalue weighted by Crippen LogP contribution is -2.30. The number of rotatable bonds is 6. The lowest BCUT2D eigenvalue weighted by Gasteiger charge is -2.10. The highest BCUT2D eigenvalue weighted by Crippen LogP contribution is 2.14. The first-order valence-corrected chi connectivity index (χ1v) is 6.23. The molecule has 0 heterocycles. The molecule has 4 N–H and O–H groups in total. The highest BCUT2D eigenvalue weighted by Gasteiger charge is 2.07. The maximum atomic E-state index is 13.3. The molecule has 0 saturated heterocycles. The molecule has 1 unspecified atom stereocenters. The summed E-state index contributed by atoms with van der Waals surface area (Å²) in [7, 11) is 0. The smallest absolute Gasteiger partial charge is 0.319 e. The molecule has 0 aliphatic carbocycles. The SMILES string of the molecule is CC(CN)CCCNC(=O)Nc1ccc(F)cc1F. The summed E-state index contributed by atoms with van der Waals surface area (Å²) >= 11 is 0. The molecule has 1 aromatic rings. The number of halogens is 2. The van der Waals surface area contributed by atoms with E-state index in [0.29, 0.717) is 19.0 Å². The maximum Gasteiger partial charge on any atom is 0.319 e. The second kappa shape index (κ2) is 7.68. The molecule has 1 aromatic carbocycles. The quantitative estimate of drug-likeness (QED) is 0.696. The molecule has 1 rings (SSSR count). The van der Waals surface area contributed by atoms with Crippen LogP contribution in [-0.2, 0) is 0 Å². The second-order valence-corrected chi connectivity index (χ2v) is 4.49. The maximum absolute atomic E-state index is 13.3. The van der Waals surface area contributed by atoms with E-state index in [1.807, 2.05) is 6.92 Å². The molecule has 1 atom stereocenters. The van der Waals surface area contributed by atoms with Gasteiger partial charge in [-0.3, -0.25) is 0 Å². The minimum Gasteiger partial charge on any atom is -0.338 e. The van der Waals surface area contributed by atoms with Crippen LogP contribution in [0.3, 0.4) is 0 Å². The molecule has 0 spiro atoms. The van der Waals surface area contributed by atoms with Crippen molar-refractivity contribution in [1.82, 2.24) is 5.32 Å². The van der Waals surface area contributed by atoms with Gasteiger partial charge in [-0.2, -0.15) is 0 Å². The van der Waals surface area contributed by atoms with E-state index in [9.17, 15) is 13.6 Å². The molecule has 0 aromatic heterocycles. The van der Waals surface area contributed by atoms with Crippen molar-refractivity contribution in [2.24, 2.45) is 11.7 Å². The first-order chi connectivity index (χ1) is 9.02. The highest BCUT2D eigenvalue weighted by atomic mass is 19.1. The van der Waals surface area contributed by atoms with Gasteiger partial charge in [0, 0.05) is 12.6 Å². The Labute approximate surface area is 111 Å². The summed E-state index contributed by atoms with van der Waals surface area (Å²) in [5, 5.41) is 4.92. The number of hydrogen-bond donors (Lipinski definition) is 3.